The molecule has 0 N–H and O–H groups in total. The number of hydrogen-bond donors (Lipinski definition) is 0. The van der Waals surface area contributed by atoms with Gasteiger partial charge in [-0.15, -0.1) is 12.3 Å². The predicted octanol–water partition coefficient (Wildman–Crippen LogP) is 2.07. The Bertz CT molecular complexity index is 440. The van der Waals surface area contributed by atoms with Crippen molar-refractivity contribution in [2.75, 3.05) is 7.11 Å². The van der Waals surface area contributed by atoms with Gasteiger partial charge in [-0.1, -0.05) is 6.07 Å². The molecule has 0 fully saturated rings. The van der Waals surface area contributed by atoms with Crippen LogP contribution in [0.2, 0.25) is 0 Å². The molecular formula is C13H12O2. The van der Waals surface area contributed by atoms with Crippen LogP contribution in [0, 0.1) is 18.3 Å². The summed E-state index contributed by atoms with van der Waals surface area (Å²) in [5, 5.41) is 0. The fraction of sp³-hybridized carbons (Fsp3) is 0.308. The maximum atomic E-state index is 11.9. The largest absolute Gasteiger partial charge is 0.497 e. The highest BCUT2D eigenvalue weighted by molar-refractivity contribution is 6.02. The van der Waals surface area contributed by atoms with Gasteiger partial charge in [0.1, 0.15) is 5.75 Å². The molecule has 0 bridgehead atoms. The Labute approximate surface area is 89.3 Å². The first-order valence-corrected chi connectivity index (χ1v) is 4.91. The van der Waals surface area contributed by atoms with Crippen LogP contribution >= 0.6 is 0 Å². The molecule has 0 saturated carbocycles. The average molecular weight is 200 g/mol. The van der Waals surface area contributed by atoms with Gasteiger partial charge in [0.25, 0.3) is 0 Å². The molecule has 2 nitrogen and oxygen atoms in total. The molecule has 0 saturated heterocycles. The zero-order valence-electron chi connectivity index (χ0n) is 8.62. The molecule has 15 heavy (non-hydrogen) atoms. The highest BCUT2D eigenvalue weighted by Crippen LogP contribution is 2.31. The van der Waals surface area contributed by atoms with E-state index < -0.39 is 0 Å². The summed E-state index contributed by atoms with van der Waals surface area (Å²) in [5.74, 6) is 3.40. The molecule has 1 aliphatic rings. The number of hydrogen-bond acceptors (Lipinski definition) is 2. The summed E-state index contributed by atoms with van der Waals surface area (Å²) in [6.07, 6.45) is 6.52. The highest BCUT2D eigenvalue weighted by Gasteiger charge is 2.29. The van der Waals surface area contributed by atoms with Gasteiger partial charge in [-0.25, -0.2) is 0 Å². The van der Waals surface area contributed by atoms with Crippen molar-refractivity contribution in [3.05, 3.63) is 29.3 Å². The van der Waals surface area contributed by atoms with Gasteiger partial charge in [-0.3, -0.25) is 4.79 Å². The lowest BCUT2D eigenvalue weighted by atomic mass is 10.0. The molecule has 0 spiro atoms. The van der Waals surface area contributed by atoms with Crippen molar-refractivity contribution in [2.45, 2.75) is 12.8 Å². The molecule has 1 aromatic rings. The molecule has 1 atom stereocenters. The van der Waals surface area contributed by atoms with Crippen LogP contribution in [0.5, 0.6) is 5.75 Å². The third-order valence-electron chi connectivity index (χ3n) is 2.78. The van der Waals surface area contributed by atoms with Gasteiger partial charge in [-0.2, -0.15) is 0 Å². The van der Waals surface area contributed by atoms with E-state index in [0.29, 0.717) is 6.42 Å². The predicted molar refractivity (Wildman–Crippen MR) is 58.0 cm³/mol. The summed E-state index contributed by atoms with van der Waals surface area (Å²) in [4.78, 5) is 11.9. The van der Waals surface area contributed by atoms with E-state index >= 15 is 0 Å². The SMILES string of the molecule is C#CCC1Cc2ccc(OC)cc2C1=O. The van der Waals surface area contributed by atoms with Crippen LogP contribution in [0.15, 0.2) is 18.2 Å². The van der Waals surface area contributed by atoms with E-state index in [2.05, 4.69) is 5.92 Å². The van der Waals surface area contributed by atoms with Gasteiger partial charge in [-0.05, 0) is 24.1 Å². The summed E-state index contributed by atoms with van der Waals surface area (Å²) >= 11 is 0. The number of carbonyl (C=O) groups excluding carboxylic acids is 1. The molecule has 2 rings (SSSR count). The Kier molecular flexibility index (Phi) is 2.47. The first-order valence-electron chi connectivity index (χ1n) is 4.91. The van der Waals surface area contributed by atoms with Crippen LogP contribution in [-0.2, 0) is 6.42 Å². The minimum atomic E-state index is -0.0305. The summed E-state index contributed by atoms with van der Waals surface area (Å²) < 4.78 is 5.09. The Morgan fingerprint density at radius 1 is 1.60 bits per heavy atom. The van der Waals surface area contributed by atoms with E-state index in [1.165, 1.54) is 0 Å². The molecule has 0 aliphatic heterocycles. The molecule has 2 heteroatoms. The van der Waals surface area contributed by atoms with E-state index in [4.69, 9.17) is 11.2 Å². The first kappa shape index (κ1) is 9.79. The number of rotatable bonds is 2. The van der Waals surface area contributed by atoms with Gasteiger partial charge >= 0.3 is 0 Å². The summed E-state index contributed by atoms with van der Waals surface area (Å²) in [6.45, 7) is 0. The molecule has 0 aromatic heterocycles. The average Bonchev–Trinajstić information content (AvgIpc) is 2.56. The lowest BCUT2D eigenvalue weighted by molar-refractivity contribution is 0.0939. The number of methoxy groups -OCH3 is 1. The minimum absolute atomic E-state index is 0.0305. The zero-order valence-corrected chi connectivity index (χ0v) is 8.62. The third kappa shape index (κ3) is 1.61. The van der Waals surface area contributed by atoms with Crippen LogP contribution < -0.4 is 4.74 Å². The molecule has 76 valence electrons. The van der Waals surface area contributed by atoms with Gasteiger partial charge in [0.2, 0.25) is 0 Å². The second-order valence-electron chi connectivity index (χ2n) is 3.70. The fourth-order valence-electron chi connectivity index (χ4n) is 1.98. The van der Waals surface area contributed by atoms with Gasteiger partial charge in [0.05, 0.1) is 7.11 Å². The van der Waals surface area contributed by atoms with Gasteiger partial charge in [0, 0.05) is 17.9 Å². The normalized spacial score (nSPS) is 18.4. The Hall–Kier alpha value is -1.75. The van der Waals surface area contributed by atoms with Crippen molar-refractivity contribution in [3.8, 4) is 18.1 Å². The summed E-state index contributed by atoms with van der Waals surface area (Å²) in [5.41, 5.74) is 1.86. The van der Waals surface area contributed by atoms with Crippen LogP contribution in [0.25, 0.3) is 0 Å². The Balaban J connectivity index is 2.34. The first-order chi connectivity index (χ1) is 7.26. The van der Waals surface area contributed by atoms with Crippen molar-refractivity contribution in [1.82, 2.24) is 0 Å². The standard InChI is InChI=1S/C13H12O2/c1-3-4-10-7-9-5-6-11(15-2)8-12(9)13(10)14/h1,5-6,8,10H,4,7H2,2H3. The number of ketones is 1. The third-order valence-corrected chi connectivity index (χ3v) is 2.78. The van der Waals surface area contributed by atoms with Gasteiger partial charge < -0.3 is 4.74 Å². The molecule has 1 unspecified atom stereocenters. The van der Waals surface area contributed by atoms with Gasteiger partial charge in [0.15, 0.2) is 5.78 Å². The Morgan fingerprint density at radius 2 is 2.40 bits per heavy atom. The van der Waals surface area contributed by atoms with Crippen molar-refractivity contribution in [3.63, 3.8) is 0 Å². The lowest BCUT2D eigenvalue weighted by Gasteiger charge is -2.01. The number of benzene rings is 1. The molecule has 0 radical (unpaired) electrons. The number of terminal acetylenes is 1. The van der Waals surface area contributed by atoms with Crippen molar-refractivity contribution in [2.24, 2.45) is 5.92 Å². The maximum Gasteiger partial charge on any atom is 0.167 e. The lowest BCUT2D eigenvalue weighted by Crippen LogP contribution is -2.07. The van der Waals surface area contributed by atoms with Crippen LogP contribution in [0.4, 0.5) is 0 Å². The van der Waals surface area contributed by atoms with E-state index in [-0.39, 0.29) is 11.7 Å². The van der Waals surface area contributed by atoms with Crippen LogP contribution in [-0.4, -0.2) is 12.9 Å². The van der Waals surface area contributed by atoms with E-state index in [0.717, 1.165) is 23.3 Å². The monoisotopic (exact) mass is 200 g/mol. The van der Waals surface area contributed by atoms with E-state index in [1.54, 1.807) is 13.2 Å². The second-order valence-corrected chi connectivity index (χ2v) is 3.70. The second kappa shape index (κ2) is 3.78. The molecule has 1 aromatic carbocycles. The van der Waals surface area contributed by atoms with E-state index in [9.17, 15) is 4.79 Å². The smallest absolute Gasteiger partial charge is 0.167 e. The molecule has 0 amide bonds. The minimum Gasteiger partial charge on any atom is -0.497 e. The number of carbonyl (C=O) groups is 1. The van der Waals surface area contributed by atoms with Crippen molar-refractivity contribution in [1.29, 1.82) is 0 Å². The van der Waals surface area contributed by atoms with Crippen molar-refractivity contribution >= 4 is 5.78 Å². The maximum absolute atomic E-state index is 11.9. The number of fused-ring (bicyclic) bond motifs is 1. The molecule has 0 heterocycles. The Morgan fingerprint density at radius 3 is 3.07 bits per heavy atom. The fourth-order valence-corrected chi connectivity index (χ4v) is 1.98. The molecule has 1 aliphatic carbocycles. The summed E-state index contributed by atoms with van der Waals surface area (Å²) in [6, 6.07) is 5.63. The van der Waals surface area contributed by atoms with Crippen LogP contribution in [0.3, 0.4) is 0 Å². The highest BCUT2D eigenvalue weighted by atomic mass is 16.5. The van der Waals surface area contributed by atoms with Crippen molar-refractivity contribution < 1.29 is 9.53 Å². The number of ether oxygens (including phenoxy) is 1. The zero-order chi connectivity index (χ0) is 10.8. The van der Waals surface area contributed by atoms with E-state index in [1.807, 2.05) is 12.1 Å². The molecular weight excluding hydrogens is 188 g/mol. The van der Waals surface area contributed by atoms with Crippen LogP contribution in [0.1, 0.15) is 22.3 Å². The topological polar surface area (TPSA) is 26.3 Å². The summed E-state index contributed by atoms with van der Waals surface area (Å²) in [7, 11) is 1.60. The quantitative estimate of drug-likeness (QED) is 0.683. The number of Topliss-reactive ketones (excluding diaryl/α,β-unsaturated/α-hetero) is 1.